The Kier molecular flexibility index (Phi) is 5.56. The number of aromatic nitrogens is 1. The molecule has 1 aromatic carbocycles. The van der Waals surface area contributed by atoms with Gasteiger partial charge >= 0.3 is 0 Å². The van der Waals surface area contributed by atoms with Crippen LogP contribution in [0.15, 0.2) is 35.2 Å². The summed E-state index contributed by atoms with van der Waals surface area (Å²) in [5, 5.41) is 0.479. The van der Waals surface area contributed by atoms with Crippen LogP contribution in [0.5, 0.6) is 5.75 Å². The number of pyridine rings is 1. The van der Waals surface area contributed by atoms with Crippen LogP contribution >= 0.6 is 11.8 Å². The highest BCUT2D eigenvalue weighted by molar-refractivity contribution is 8.00. The predicted octanol–water partition coefficient (Wildman–Crippen LogP) is 5.03. The fourth-order valence-electron chi connectivity index (χ4n) is 4.17. The summed E-state index contributed by atoms with van der Waals surface area (Å²) < 4.78 is 19.7. The summed E-state index contributed by atoms with van der Waals surface area (Å²) in [6.45, 7) is 7.56. The van der Waals surface area contributed by atoms with Crippen LogP contribution < -0.4 is 4.74 Å². The third-order valence-corrected chi connectivity index (χ3v) is 6.94. The van der Waals surface area contributed by atoms with Crippen molar-refractivity contribution in [1.29, 1.82) is 0 Å². The highest BCUT2D eigenvalue weighted by atomic mass is 32.2. The average Bonchev–Trinajstić information content (AvgIpc) is 2.70. The first kappa shape index (κ1) is 20.2. The van der Waals surface area contributed by atoms with Gasteiger partial charge in [0.1, 0.15) is 22.9 Å². The maximum absolute atomic E-state index is 13.4. The van der Waals surface area contributed by atoms with E-state index in [4.69, 9.17) is 4.74 Å². The van der Waals surface area contributed by atoms with E-state index in [0.29, 0.717) is 24.0 Å². The number of benzene rings is 1. The maximum Gasteiger partial charge on any atom is 0.272 e. The van der Waals surface area contributed by atoms with E-state index in [-0.39, 0.29) is 17.3 Å². The Bertz CT molecular complexity index is 923. The SMILES string of the molecule is Cc1nc(C(=O)N2CCC3(CCc4cc(F)ccc4O3)CC2)ccc1SC(C)C. The van der Waals surface area contributed by atoms with E-state index in [1.54, 1.807) is 23.9 Å². The standard InChI is InChI=1S/C23H27FN2O2S/c1-15(2)29-21-7-5-19(25-16(21)3)22(27)26-12-10-23(11-13-26)9-8-17-14-18(24)4-6-20(17)28-23/h4-7,14-15H,8-13H2,1-3H3. The zero-order chi connectivity index (χ0) is 20.6. The summed E-state index contributed by atoms with van der Waals surface area (Å²) in [5.41, 5.74) is 2.11. The second-order valence-corrected chi connectivity index (χ2v) is 9.89. The first-order chi connectivity index (χ1) is 13.8. The molecule has 0 atom stereocenters. The molecule has 1 saturated heterocycles. The molecule has 3 heterocycles. The van der Waals surface area contributed by atoms with Gasteiger partial charge in [0.2, 0.25) is 0 Å². The van der Waals surface area contributed by atoms with Crippen molar-refractivity contribution in [3.63, 3.8) is 0 Å². The van der Waals surface area contributed by atoms with Crippen molar-refractivity contribution < 1.29 is 13.9 Å². The fraction of sp³-hybridized carbons (Fsp3) is 0.478. The van der Waals surface area contributed by atoms with Gasteiger partial charge in [-0.1, -0.05) is 13.8 Å². The zero-order valence-electron chi connectivity index (χ0n) is 17.2. The van der Waals surface area contributed by atoms with E-state index in [9.17, 15) is 9.18 Å². The van der Waals surface area contributed by atoms with E-state index in [2.05, 4.69) is 18.8 Å². The van der Waals surface area contributed by atoms with Crippen LogP contribution in [0.25, 0.3) is 0 Å². The molecule has 2 aliphatic rings. The number of carbonyl (C=O) groups is 1. The number of thioether (sulfide) groups is 1. The molecule has 1 fully saturated rings. The van der Waals surface area contributed by atoms with Gasteiger partial charge in [-0.3, -0.25) is 4.79 Å². The smallest absolute Gasteiger partial charge is 0.272 e. The molecule has 29 heavy (non-hydrogen) atoms. The molecular formula is C23H27FN2O2S. The lowest BCUT2D eigenvalue weighted by atomic mass is 9.83. The Morgan fingerprint density at radius 1 is 1.21 bits per heavy atom. The monoisotopic (exact) mass is 414 g/mol. The number of aryl methyl sites for hydroxylation is 2. The van der Waals surface area contributed by atoms with Crippen LogP contribution in [0, 0.1) is 12.7 Å². The van der Waals surface area contributed by atoms with Crippen LogP contribution in [0.3, 0.4) is 0 Å². The number of hydrogen-bond acceptors (Lipinski definition) is 4. The van der Waals surface area contributed by atoms with Gasteiger partial charge in [-0.15, -0.1) is 11.8 Å². The van der Waals surface area contributed by atoms with Gasteiger partial charge in [0, 0.05) is 36.1 Å². The van der Waals surface area contributed by atoms with E-state index < -0.39 is 0 Å². The third kappa shape index (κ3) is 4.27. The number of amides is 1. The molecule has 1 amide bonds. The molecule has 1 aromatic heterocycles. The van der Waals surface area contributed by atoms with Gasteiger partial charge in [-0.25, -0.2) is 9.37 Å². The van der Waals surface area contributed by atoms with Gasteiger partial charge in [-0.05, 0) is 55.7 Å². The number of ether oxygens (including phenoxy) is 1. The Morgan fingerprint density at radius 3 is 2.66 bits per heavy atom. The second kappa shape index (κ2) is 7.98. The number of nitrogens with zero attached hydrogens (tertiary/aromatic N) is 2. The molecule has 2 aromatic rings. The van der Waals surface area contributed by atoms with Crippen LogP contribution in [-0.4, -0.2) is 39.7 Å². The van der Waals surface area contributed by atoms with Crippen LogP contribution in [0.2, 0.25) is 0 Å². The van der Waals surface area contributed by atoms with Crippen molar-refractivity contribution >= 4 is 17.7 Å². The molecule has 6 heteroatoms. The van der Waals surface area contributed by atoms with Crippen molar-refractivity contribution in [2.24, 2.45) is 0 Å². The number of piperidine rings is 1. The Hall–Kier alpha value is -2.08. The summed E-state index contributed by atoms with van der Waals surface area (Å²) in [6, 6.07) is 8.59. The molecule has 0 N–H and O–H groups in total. The molecule has 0 unspecified atom stereocenters. The van der Waals surface area contributed by atoms with Crippen molar-refractivity contribution in [3.8, 4) is 5.75 Å². The van der Waals surface area contributed by atoms with Crippen molar-refractivity contribution in [2.45, 2.75) is 62.2 Å². The van der Waals surface area contributed by atoms with E-state index >= 15 is 0 Å². The highest BCUT2D eigenvalue weighted by Gasteiger charge is 2.40. The molecule has 0 radical (unpaired) electrons. The lowest BCUT2D eigenvalue weighted by Gasteiger charge is -2.44. The summed E-state index contributed by atoms with van der Waals surface area (Å²) in [5.74, 6) is 0.555. The highest BCUT2D eigenvalue weighted by Crippen LogP contribution is 2.39. The minimum absolute atomic E-state index is 0.0117. The number of likely N-dealkylation sites (tertiary alicyclic amines) is 1. The van der Waals surface area contributed by atoms with Gasteiger partial charge < -0.3 is 9.64 Å². The normalized spacial score (nSPS) is 17.9. The maximum atomic E-state index is 13.4. The van der Waals surface area contributed by atoms with Gasteiger partial charge in [-0.2, -0.15) is 0 Å². The molecule has 4 rings (SSSR count). The largest absolute Gasteiger partial charge is 0.487 e. The lowest BCUT2D eigenvalue weighted by Crippen LogP contribution is -2.51. The first-order valence-electron chi connectivity index (χ1n) is 10.3. The molecule has 1 spiro atoms. The number of hydrogen-bond donors (Lipinski definition) is 0. The summed E-state index contributed by atoms with van der Waals surface area (Å²) >= 11 is 1.76. The van der Waals surface area contributed by atoms with Crippen LogP contribution in [-0.2, 0) is 6.42 Å². The van der Waals surface area contributed by atoms with Crippen LogP contribution in [0.4, 0.5) is 4.39 Å². The van der Waals surface area contributed by atoms with Crippen molar-refractivity contribution in [3.05, 3.63) is 53.1 Å². The number of fused-ring (bicyclic) bond motifs is 1. The summed E-state index contributed by atoms with van der Waals surface area (Å²) in [4.78, 5) is 20.5. The van der Waals surface area contributed by atoms with E-state index in [1.165, 1.54) is 6.07 Å². The van der Waals surface area contributed by atoms with Crippen molar-refractivity contribution in [1.82, 2.24) is 9.88 Å². The lowest BCUT2D eigenvalue weighted by molar-refractivity contribution is -0.0109. The van der Waals surface area contributed by atoms with Gasteiger partial charge in [0.25, 0.3) is 5.91 Å². The predicted molar refractivity (Wildman–Crippen MR) is 113 cm³/mol. The average molecular weight is 415 g/mol. The molecular weight excluding hydrogens is 387 g/mol. The Balaban J connectivity index is 1.41. The number of rotatable bonds is 3. The zero-order valence-corrected chi connectivity index (χ0v) is 18.0. The van der Waals surface area contributed by atoms with E-state index in [0.717, 1.165) is 47.6 Å². The second-order valence-electron chi connectivity index (χ2n) is 8.28. The van der Waals surface area contributed by atoms with E-state index in [1.807, 2.05) is 24.0 Å². The molecule has 154 valence electrons. The fourth-order valence-corrected chi connectivity index (χ4v) is 5.04. The van der Waals surface area contributed by atoms with Crippen LogP contribution in [0.1, 0.15) is 54.9 Å². The van der Waals surface area contributed by atoms with Gasteiger partial charge in [0.15, 0.2) is 0 Å². The minimum atomic E-state index is -0.247. The topological polar surface area (TPSA) is 42.4 Å². The third-order valence-electron chi connectivity index (χ3n) is 5.78. The summed E-state index contributed by atoms with van der Waals surface area (Å²) in [7, 11) is 0. The molecule has 2 aliphatic heterocycles. The molecule has 0 saturated carbocycles. The first-order valence-corrected chi connectivity index (χ1v) is 11.1. The molecule has 0 aliphatic carbocycles. The van der Waals surface area contributed by atoms with Crippen molar-refractivity contribution in [2.75, 3.05) is 13.1 Å². The molecule has 4 nitrogen and oxygen atoms in total. The molecule has 0 bridgehead atoms. The number of halogens is 1. The Labute approximate surface area is 175 Å². The Morgan fingerprint density at radius 2 is 1.97 bits per heavy atom. The quantitative estimate of drug-likeness (QED) is 0.661. The van der Waals surface area contributed by atoms with Gasteiger partial charge in [0.05, 0.1) is 5.69 Å². The summed E-state index contributed by atoms with van der Waals surface area (Å²) in [6.07, 6.45) is 3.26. The number of carbonyl (C=O) groups excluding carboxylic acids is 1. The minimum Gasteiger partial charge on any atom is -0.487 e.